The van der Waals surface area contributed by atoms with Gasteiger partial charge in [-0.25, -0.2) is 0 Å². The lowest BCUT2D eigenvalue weighted by Crippen LogP contribution is -2.11. The molecule has 3 nitrogen and oxygen atoms in total. The third kappa shape index (κ3) is 2.09. The molecule has 6 heteroatoms. The van der Waals surface area contributed by atoms with Crippen LogP contribution in [0, 0.1) is 11.3 Å². The van der Waals surface area contributed by atoms with Crippen molar-refractivity contribution in [3.05, 3.63) is 28.8 Å². The van der Waals surface area contributed by atoms with E-state index in [-0.39, 0.29) is 11.3 Å². The first-order valence-corrected chi connectivity index (χ1v) is 4.23. The molecule has 86 valence electrons. The molecule has 0 saturated heterocycles. The van der Waals surface area contributed by atoms with Crippen molar-refractivity contribution in [3.63, 3.8) is 0 Å². The second-order valence-corrected chi connectivity index (χ2v) is 2.94. The summed E-state index contributed by atoms with van der Waals surface area (Å²) in [7, 11) is 1.15. The van der Waals surface area contributed by atoms with Crippen LogP contribution < -0.4 is 4.74 Å². The van der Waals surface area contributed by atoms with Crippen molar-refractivity contribution in [1.29, 1.82) is 5.26 Å². The van der Waals surface area contributed by atoms with E-state index in [4.69, 9.17) is 15.1 Å². The molecule has 0 aliphatic heterocycles. The van der Waals surface area contributed by atoms with Gasteiger partial charge >= 0.3 is 6.18 Å². The summed E-state index contributed by atoms with van der Waals surface area (Å²) in [6.07, 6.45) is -4.58. The van der Waals surface area contributed by atoms with Crippen LogP contribution >= 0.6 is 0 Å². The molecule has 16 heavy (non-hydrogen) atoms. The predicted molar refractivity (Wildman–Crippen MR) is 48.6 cm³/mol. The Morgan fingerprint density at radius 2 is 2.06 bits per heavy atom. The average Bonchev–Trinajstić information content (AvgIpc) is 2.25. The minimum Gasteiger partial charge on any atom is -0.495 e. The zero-order valence-electron chi connectivity index (χ0n) is 8.30. The van der Waals surface area contributed by atoms with Gasteiger partial charge in [-0.3, -0.25) is 0 Å². The Morgan fingerprint density at radius 1 is 1.44 bits per heavy atom. The number of hydrogen-bond acceptors (Lipinski definition) is 3. The lowest BCUT2D eigenvalue weighted by molar-refractivity contribution is -0.138. The maximum Gasteiger partial charge on any atom is 0.416 e. The Kier molecular flexibility index (Phi) is 3.40. The van der Waals surface area contributed by atoms with Gasteiger partial charge in [0.25, 0.3) is 0 Å². The second-order valence-electron chi connectivity index (χ2n) is 2.94. The van der Waals surface area contributed by atoms with Gasteiger partial charge in [-0.15, -0.1) is 0 Å². The van der Waals surface area contributed by atoms with E-state index in [1.807, 2.05) is 0 Å². The van der Waals surface area contributed by atoms with Gasteiger partial charge in [-0.2, -0.15) is 18.4 Å². The maximum absolute atomic E-state index is 12.5. The number of ether oxygens (including phenoxy) is 1. The highest BCUT2D eigenvalue weighted by molar-refractivity contribution is 5.52. The minimum absolute atomic E-state index is 0.0421. The molecule has 0 heterocycles. The maximum atomic E-state index is 12.5. The zero-order valence-corrected chi connectivity index (χ0v) is 8.30. The van der Waals surface area contributed by atoms with Crippen molar-refractivity contribution >= 4 is 0 Å². The Labute approximate surface area is 89.7 Å². The summed E-state index contributed by atoms with van der Waals surface area (Å²) >= 11 is 0. The third-order valence-electron chi connectivity index (χ3n) is 2.05. The van der Waals surface area contributed by atoms with Crippen molar-refractivity contribution in [2.24, 2.45) is 0 Å². The third-order valence-corrected chi connectivity index (χ3v) is 2.05. The fraction of sp³-hybridized carbons (Fsp3) is 0.300. The Balaban J connectivity index is 3.51. The summed E-state index contributed by atoms with van der Waals surface area (Å²) in [5, 5.41) is 17.6. The molecule has 1 aromatic carbocycles. The van der Waals surface area contributed by atoms with Crippen molar-refractivity contribution in [3.8, 4) is 11.8 Å². The van der Waals surface area contributed by atoms with E-state index in [0.717, 1.165) is 19.2 Å². The quantitative estimate of drug-likeness (QED) is 0.847. The summed E-state index contributed by atoms with van der Waals surface area (Å²) in [5.41, 5.74) is -1.46. The van der Waals surface area contributed by atoms with Gasteiger partial charge in [0.15, 0.2) is 0 Å². The van der Waals surface area contributed by atoms with Gasteiger partial charge in [0.1, 0.15) is 11.8 Å². The SMILES string of the molecule is COc1c(C#N)ccc(C(F)(F)F)c1CO. The molecular formula is C10H8F3NO2. The number of benzene rings is 1. The standard InChI is InChI=1S/C10H8F3NO2/c1-16-9-6(4-14)2-3-8(7(9)5-15)10(11,12)13/h2-3,15H,5H2,1H3. The van der Waals surface area contributed by atoms with E-state index in [2.05, 4.69) is 0 Å². The predicted octanol–water partition coefficient (Wildman–Crippen LogP) is 2.08. The van der Waals surface area contributed by atoms with Crippen LogP contribution in [0.5, 0.6) is 5.75 Å². The Morgan fingerprint density at radius 3 is 2.44 bits per heavy atom. The summed E-state index contributed by atoms with van der Waals surface area (Å²) in [6.45, 7) is -0.840. The molecular weight excluding hydrogens is 223 g/mol. The number of halogens is 3. The number of nitrogens with zero attached hydrogens (tertiary/aromatic N) is 1. The van der Waals surface area contributed by atoms with Gasteiger partial charge in [-0.1, -0.05) is 0 Å². The molecule has 0 aromatic heterocycles. The zero-order chi connectivity index (χ0) is 12.3. The molecule has 1 rings (SSSR count). The van der Waals surface area contributed by atoms with Crippen LogP contribution in [0.3, 0.4) is 0 Å². The number of aliphatic hydroxyl groups excluding tert-OH is 1. The molecule has 0 aliphatic carbocycles. The molecule has 0 unspecified atom stereocenters. The molecule has 0 saturated carbocycles. The van der Waals surface area contributed by atoms with Crippen LogP contribution in [0.4, 0.5) is 13.2 Å². The number of aliphatic hydroxyl groups is 1. The topological polar surface area (TPSA) is 53.2 Å². The normalized spacial score (nSPS) is 11.0. The summed E-state index contributed by atoms with van der Waals surface area (Å²) in [6, 6.07) is 3.47. The van der Waals surface area contributed by atoms with Crippen LogP contribution in [-0.2, 0) is 12.8 Å². The smallest absolute Gasteiger partial charge is 0.416 e. The van der Waals surface area contributed by atoms with Gasteiger partial charge in [-0.05, 0) is 12.1 Å². The average molecular weight is 231 g/mol. The summed E-state index contributed by atoms with van der Waals surface area (Å²) in [5.74, 6) is -0.236. The van der Waals surface area contributed by atoms with E-state index >= 15 is 0 Å². The Hall–Kier alpha value is -1.74. The first kappa shape index (κ1) is 12.3. The minimum atomic E-state index is -4.58. The molecule has 0 fully saturated rings. The molecule has 1 N–H and O–H groups in total. The molecule has 0 bridgehead atoms. The summed E-state index contributed by atoms with van der Waals surface area (Å²) in [4.78, 5) is 0. The molecule has 0 amide bonds. The highest BCUT2D eigenvalue weighted by atomic mass is 19.4. The van der Waals surface area contributed by atoms with Gasteiger partial charge < -0.3 is 9.84 Å². The van der Waals surface area contributed by atoms with Gasteiger partial charge in [0, 0.05) is 5.56 Å². The van der Waals surface area contributed by atoms with E-state index in [0.29, 0.717) is 0 Å². The van der Waals surface area contributed by atoms with Crippen molar-refractivity contribution in [1.82, 2.24) is 0 Å². The van der Waals surface area contributed by atoms with E-state index < -0.39 is 23.9 Å². The molecule has 0 spiro atoms. The van der Waals surface area contributed by atoms with Crippen LogP contribution in [0.15, 0.2) is 12.1 Å². The van der Waals surface area contributed by atoms with Gasteiger partial charge in [0.2, 0.25) is 0 Å². The molecule has 0 atom stereocenters. The van der Waals surface area contributed by atoms with Gasteiger partial charge in [0.05, 0.1) is 24.8 Å². The number of hydrogen-bond donors (Lipinski definition) is 1. The first-order valence-electron chi connectivity index (χ1n) is 4.23. The Bertz CT molecular complexity index is 435. The van der Waals surface area contributed by atoms with Crippen LogP contribution in [0.2, 0.25) is 0 Å². The lowest BCUT2D eigenvalue weighted by atomic mass is 10.0. The van der Waals surface area contributed by atoms with Crippen LogP contribution in [-0.4, -0.2) is 12.2 Å². The lowest BCUT2D eigenvalue weighted by Gasteiger charge is -2.15. The fourth-order valence-corrected chi connectivity index (χ4v) is 1.37. The number of methoxy groups -OCH3 is 1. The number of rotatable bonds is 2. The largest absolute Gasteiger partial charge is 0.495 e. The number of nitriles is 1. The first-order chi connectivity index (χ1) is 7.45. The number of alkyl halides is 3. The second kappa shape index (κ2) is 4.41. The molecule has 1 aromatic rings. The van der Waals surface area contributed by atoms with Crippen LogP contribution in [0.1, 0.15) is 16.7 Å². The van der Waals surface area contributed by atoms with Crippen molar-refractivity contribution in [2.75, 3.05) is 7.11 Å². The van der Waals surface area contributed by atoms with Crippen molar-refractivity contribution < 1.29 is 23.0 Å². The molecule has 0 radical (unpaired) electrons. The molecule has 0 aliphatic rings. The van der Waals surface area contributed by atoms with E-state index in [1.165, 1.54) is 0 Å². The summed E-state index contributed by atoms with van der Waals surface area (Å²) < 4.78 is 42.3. The monoisotopic (exact) mass is 231 g/mol. The van der Waals surface area contributed by atoms with E-state index in [9.17, 15) is 13.2 Å². The highest BCUT2D eigenvalue weighted by Crippen LogP contribution is 2.37. The fourth-order valence-electron chi connectivity index (χ4n) is 1.37. The van der Waals surface area contributed by atoms with Crippen molar-refractivity contribution in [2.45, 2.75) is 12.8 Å². The van der Waals surface area contributed by atoms with Crippen LogP contribution in [0.25, 0.3) is 0 Å². The van der Waals surface area contributed by atoms with E-state index in [1.54, 1.807) is 6.07 Å². The highest BCUT2D eigenvalue weighted by Gasteiger charge is 2.35.